The van der Waals surface area contributed by atoms with Crippen LogP contribution in [-0.4, -0.2) is 15.1 Å². The minimum absolute atomic E-state index is 0.389. The number of nitrogens with one attached hydrogen (secondary N) is 2. The minimum atomic E-state index is 0.389. The lowest BCUT2D eigenvalue weighted by Crippen LogP contribution is -2.13. The number of phenols is 1. The predicted molar refractivity (Wildman–Crippen MR) is 66.7 cm³/mol. The van der Waals surface area contributed by atoms with Gasteiger partial charge in [0.15, 0.2) is 0 Å². The van der Waals surface area contributed by atoms with Gasteiger partial charge in [0, 0.05) is 18.9 Å². The molecule has 1 aromatic carbocycles. The summed E-state index contributed by atoms with van der Waals surface area (Å²) in [5.74, 6) is 1.32. The summed E-state index contributed by atoms with van der Waals surface area (Å²) in [5, 5.41) is 13.0. The van der Waals surface area contributed by atoms with E-state index in [4.69, 9.17) is 0 Å². The fourth-order valence-electron chi connectivity index (χ4n) is 1.87. The fraction of sp³-hybridized carbons (Fsp3) is 0.308. The Morgan fingerprint density at radius 2 is 1.94 bits per heavy atom. The van der Waals surface area contributed by atoms with Crippen molar-refractivity contribution in [3.8, 4) is 5.75 Å². The van der Waals surface area contributed by atoms with Crippen LogP contribution in [0, 0.1) is 13.8 Å². The van der Waals surface area contributed by atoms with Gasteiger partial charge in [0.05, 0.1) is 6.54 Å². The Morgan fingerprint density at radius 1 is 1.24 bits per heavy atom. The second-order valence-corrected chi connectivity index (χ2v) is 4.22. The normalized spacial score (nSPS) is 10.7. The molecule has 1 heterocycles. The van der Waals surface area contributed by atoms with Crippen LogP contribution >= 0.6 is 0 Å². The van der Waals surface area contributed by atoms with Crippen molar-refractivity contribution in [2.45, 2.75) is 26.9 Å². The third-order valence-corrected chi connectivity index (χ3v) is 2.73. The van der Waals surface area contributed by atoms with Crippen LogP contribution in [0.15, 0.2) is 24.5 Å². The Labute approximate surface area is 101 Å². The number of aromatic hydroxyl groups is 1. The van der Waals surface area contributed by atoms with Crippen molar-refractivity contribution in [1.29, 1.82) is 0 Å². The van der Waals surface area contributed by atoms with Gasteiger partial charge in [0.1, 0.15) is 11.6 Å². The van der Waals surface area contributed by atoms with E-state index in [1.165, 1.54) is 5.56 Å². The first kappa shape index (κ1) is 11.7. The summed E-state index contributed by atoms with van der Waals surface area (Å²) in [5.41, 5.74) is 3.00. The van der Waals surface area contributed by atoms with Gasteiger partial charge < -0.3 is 15.4 Å². The second-order valence-electron chi connectivity index (χ2n) is 4.22. The number of phenolic OH excluding ortho intramolecular Hbond substituents is 1. The fourth-order valence-corrected chi connectivity index (χ4v) is 1.87. The van der Waals surface area contributed by atoms with E-state index in [-0.39, 0.29) is 0 Å². The molecule has 0 atom stereocenters. The van der Waals surface area contributed by atoms with Gasteiger partial charge in [-0.1, -0.05) is 12.1 Å². The van der Waals surface area contributed by atoms with Crippen LogP contribution in [0.4, 0.5) is 0 Å². The van der Waals surface area contributed by atoms with Crippen LogP contribution in [-0.2, 0) is 13.1 Å². The number of aromatic nitrogens is 2. The number of H-pyrrole nitrogens is 1. The molecule has 0 aliphatic rings. The summed E-state index contributed by atoms with van der Waals surface area (Å²) in [6, 6.07) is 3.99. The maximum atomic E-state index is 9.67. The summed E-state index contributed by atoms with van der Waals surface area (Å²) in [7, 11) is 0. The van der Waals surface area contributed by atoms with E-state index >= 15 is 0 Å². The predicted octanol–water partition coefficient (Wildman–Crippen LogP) is 2.02. The molecule has 3 N–H and O–H groups in total. The third kappa shape index (κ3) is 2.85. The van der Waals surface area contributed by atoms with Crippen molar-refractivity contribution in [3.63, 3.8) is 0 Å². The van der Waals surface area contributed by atoms with Crippen LogP contribution in [0.2, 0.25) is 0 Å². The van der Waals surface area contributed by atoms with Crippen LogP contribution in [0.25, 0.3) is 0 Å². The number of aryl methyl sites for hydroxylation is 2. The molecule has 0 radical (unpaired) electrons. The first-order valence-corrected chi connectivity index (χ1v) is 5.65. The number of hydrogen-bond donors (Lipinski definition) is 3. The molecule has 4 nitrogen and oxygen atoms in total. The Balaban J connectivity index is 1.95. The quantitative estimate of drug-likeness (QED) is 0.754. The molecule has 0 fully saturated rings. The molecule has 0 unspecified atom stereocenters. The minimum Gasteiger partial charge on any atom is -0.507 e. The monoisotopic (exact) mass is 231 g/mol. The summed E-state index contributed by atoms with van der Waals surface area (Å²) in [6.45, 7) is 5.31. The van der Waals surface area contributed by atoms with Gasteiger partial charge in [-0.3, -0.25) is 0 Å². The summed E-state index contributed by atoms with van der Waals surface area (Å²) < 4.78 is 0. The lowest BCUT2D eigenvalue weighted by Gasteiger charge is -2.08. The SMILES string of the molecule is Cc1cc(CNCc2ncc[nH]2)cc(C)c1O. The van der Waals surface area contributed by atoms with Gasteiger partial charge >= 0.3 is 0 Å². The Morgan fingerprint density at radius 3 is 2.53 bits per heavy atom. The summed E-state index contributed by atoms with van der Waals surface area (Å²) in [6.07, 6.45) is 3.55. The standard InChI is InChI=1S/C13H17N3O/c1-9-5-11(6-10(2)13(9)17)7-14-8-12-15-3-4-16-12/h3-6,14,17H,7-8H2,1-2H3,(H,15,16). The molecule has 2 rings (SSSR count). The Hall–Kier alpha value is -1.81. The molecule has 0 saturated heterocycles. The lowest BCUT2D eigenvalue weighted by molar-refractivity contribution is 0.466. The van der Waals surface area contributed by atoms with Gasteiger partial charge in [0.25, 0.3) is 0 Å². The van der Waals surface area contributed by atoms with Crippen molar-refractivity contribution in [3.05, 3.63) is 47.0 Å². The molecule has 0 amide bonds. The highest BCUT2D eigenvalue weighted by atomic mass is 16.3. The molecule has 0 aliphatic heterocycles. The van der Waals surface area contributed by atoms with Gasteiger partial charge in [0.2, 0.25) is 0 Å². The maximum Gasteiger partial charge on any atom is 0.121 e. The van der Waals surface area contributed by atoms with Gasteiger partial charge in [-0.25, -0.2) is 4.98 Å². The molecule has 2 aromatic rings. The summed E-state index contributed by atoms with van der Waals surface area (Å²) >= 11 is 0. The highest BCUT2D eigenvalue weighted by Crippen LogP contribution is 2.22. The number of imidazole rings is 1. The van der Waals surface area contributed by atoms with Crippen molar-refractivity contribution >= 4 is 0 Å². The zero-order valence-electron chi connectivity index (χ0n) is 10.1. The Bertz CT molecular complexity index is 468. The number of aromatic amines is 1. The van der Waals surface area contributed by atoms with Crippen LogP contribution < -0.4 is 5.32 Å². The third-order valence-electron chi connectivity index (χ3n) is 2.73. The first-order valence-electron chi connectivity index (χ1n) is 5.65. The average Bonchev–Trinajstić information content (AvgIpc) is 2.79. The number of nitrogens with zero attached hydrogens (tertiary/aromatic N) is 1. The molecule has 0 bridgehead atoms. The van der Waals surface area contributed by atoms with Crippen molar-refractivity contribution < 1.29 is 5.11 Å². The molecule has 0 aliphatic carbocycles. The second kappa shape index (κ2) is 5.01. The highest BCUT2D eigenvalue weighted by molar-refractivity contribution is 5.42. The number of hydrogen-bond acceptors (Lipinski definition) is 3. The zero-order chi connectivity index (χ0) is 12.3. The zero-order valence-corrected chi connectivity index (χ0v) is 10.1. The van der Waals surface area contributed by atoms with Crippen LogP contribution in [0.1, 0.15) is 22.5 Å². The first-order chi connectivity index (χ1) is 8.16. The van der Waals surface area contributed by atoms with E-state index in [9.17, 15) is 5.11 Å². The van der Waals surface area contributed by atoms with E-state index in [1.807, 2.05) is 32.2 Å². The topological polar surface area (TPSA) is 60.9 Å². The lowest BCUT2D eigenvalue weighted by atomic mass is 10.1. The average molecular weight is 231 g/mol. The number of benzene rings is 1. The number of rotatable bonds is 4. The molecule has 4 heteroatoms. The van der Waals surface area contributed by atoms with E-state index in [0.29, 0.717) is 12.3 Å². The molecule has 0 spiro atoms. The molecular formula is C13H17N3O. The van der Waals surface area contributed by atoms with Crippen LogP contribution in [0.3, 0.4) is 0 Å². The summed E-state index contributed by atoms with van der Waals surface area (Å²) in [4.78, 5) is 7.18. The van der Waals surface area contributed by atoms with E-state index in [2.05, 4.69) is 15.3 Å². The molecule has 0 saturated carbocycles. The Kier molecular flexibility index (Phi) is 3.44. The highest BCUT2D eigenvalue weighted by Gasteiger charge is 2.03. The largest absolute Gasteiger partial charge is 0.507 e. The van der Waals surface area contributed by atoms with Crippen molar-refractivity contribution in [2.75, 3.05) is 0 Å². The smallest absolute Gasteiger partial charge is 0.121 e. The molecule has 17 heavy (non-hydrogen) atoms. The van der Waals surface area contributed by atoms with E-state index < -0.39 is 0 Å². The maximum absolute atomic E-state index is 9.67. The van der Waals surface area contributed by atoms with Crippen molar-refractivity contribution in [1.82, 2.24) is 15.3 Å². The molecule has 90 valence electrons. The van der Waals surface area contributed by atoms with E-state index in [0.717, 1.165) is 23.5 Å². The van der Waals surface area contributed by atoms with Crippen molar-refractivity contribution in [2.24, 2.45) is 0 Å². The van der Waals surface area contributed by atoms with Gasteiger partial charge in [-0.05, 0) is 30.5 Å². The van der Waals surface area contributed by atoms with Gasteiger partial charge in [-0.2, -0.15) is 0 Å². The van der Waals surface area contributed by atoms with Gasteiger partial charge in [-0.15, -0.1) is 0 Å². The van der Waals surface area contributed by atoms with E-state index in [1.54, 1.807) is 6.20 Å². The van der Waals surface area contributed by atoms with Crippen LogP contribution in [0.5, 0.6) is 5.75 Å². The molecular weight excluding hydrogens is 214 g/mol. The molecule has 1 aromatic heterocycles.